The fourth-order valence-electron chi connectivity index (χ4n) is 4.02. The zero-order valence-electron chi connectivity index (χ0n) is 30.2. The summed E-state index contributed by atoms with van der Waals surface area (Å²) in [6.07, 6.45) is 2.63. The summed E-state index contributed by atoms with van der Waals surface area (Å²) in [7, 11) is 2.95. The standard InChI is InChI=1S/C31H48BN3O12PS5/c1-21(36)51-20-27(53-50-5)47-28-24(17-45-31(2,3)48(39,40)41)46-29(28)32-10-7-12-34-25(37)18-42-14-15-43-26(52-49-4)19-44-23-9-6-8-22(16-23)30(38)35-13-11-33/h6,8-9,16,24,26-29H,11-15,17-20,33H2,1-5H3,(H,34,37)(H,35,38)(H2,39,40,41)/t24?,26?,27-,28?,29?/m0/s1. The Balaban J connectivity index is 1.76. The van der Waals surface area contributed by atoms with Crippen LogP contribution in [0.3, 0.4) is 0 Å². The highest BCUT2D eigenvalue weighted by Crippen LogP contribution is 2.51. The van der Waals surface area contributed by atoms with E-state index in [2.05, 4.69) is 22.4 Å². The predicted molar refractivity (Wildman–Crippen MR) is 215 cm³/mol. The molecule has 6 N–H and O–H groups in total. The highest BCUT2D eigenvalue weighted by molar-refractivity contribution is 8.77. The molecule has 1 aromatic rings. The van der Waals surface area contributed by atoms with Crippen LogP contribution in [0.2, 0.25) is 0 Å². The molecule has 1 radical (unpaired) electrons. The molecule has 1 fully saturated rings. The average molecular weight is 857 g/mol. The molecule has 4 unspecified atom stereocenters. The molecular weight excluding hydrogens is 808 g/mol. The van der Waals surface area contributed by atoms with Crippen molar-refractivity contribution in [1.82, 2.24) is 10.6 Å². The highest BCUT2D eigenvalue weighted by Gasteiger charge is 2.47. The van der Waals surface area contributed by atoms with Crippen molar-refractivity contribution in [3.05, 3.63) is 29.8 Å². The number of carbonyl (C=O) groups is 3. The Morgan fingerprint density at radius 2 is 1.87 bits per heavy atom. The van der Waals surface area contributed by atoms with Crippen molar-refractivity contribution in [3.63, 3.8) is 0 Å². The Kier molecular flexibility index (Phi) is 23.5. The molecule has 1 aliphatic heterocycles. The number of thioether (sulfide) groups is 1. The molecule has 297 valence electrons. The van der Waals surface area contributed by atoms with Gasteiger partial charge in [-0.05, 0) is 44.6 Å². The molecule has 1 saturated heterocycles. The van der Waals surface area contributed by atoms with Crippen LogP contribution in [0.5, 0.6) is 5.75 Å². The molecule has 1 aromatic carbocycles. The van der Waals surface area contributed by atoms with Crippen molar-refractivity contribution < 1.29 is 57.2 Å². The normalized spacial score (nSPS) is 18.2. The van der Waals surface area contributed by atoms with Crippen molar-refractivity contribution in [3.8, 4) is 17.5 Å². The fraction of sp³-hybridized carbons (Fsp3) is 0.645. The second kappa shape index (κ2) is 26.0. The van der Waals surface area contributed by atoms with Gasteiger partial charge in [-0.2, -0.15) is 5.82 Å². The number of hydrogen-bond donors (Lipinski definition) is 5. The summed E-state index contributed by atoms with van der Waals surface area (Å²) in [5, 5.41) is 3.61. The average Bonchev–Trinajstić information content (AvgIpc) is 3.10. The molecule has 0 aromatic heterocycles. The van der Waals surface area contributed by atoms with Gasteiger partial charge in [-0.1, -0.05) is 66.9 Å². The van der Waals surface area contributed by atoms with E-state index in [-0.39, 0.29) is 67.4 Å². The first-order valence-corrected chi connectivity index (χ1v) is 24.1. The van der Waals surface area contributed by atoms with Crippen LogP contribution in [-0.2, 0) is 37.8 Å². The fourth-order valence-corrected chi connectivity index (χ4v) is 8.27. The van der Waals surface area contributed by atoms with Gasteiger partial charge in [-0.3, -0.25) is 18.9 Å². The predicted octanol–water partition coefficient (Wildman–Crippen LogP) is 2.56. The van der Waals surface area contributed by atoms with Gasteiger partial charge in [0.05, 0.1) is 32.4 Å². The molecule has 0 saturated carbocycles. The van der Waals surface area contributed by atoms with Gasteiger partial charge >= 0.3 is 7.60 Å². The van der Waals surface area contributed by atoms with Gasteiger partial charge in [0.25, 0.3) is 13.2 Å². The zero-order valence-corrected chi connectivity index (χ0v) is 35.2. The topological polar surface area (TPSA) is 214 Å². The van der Waals surface area contributed by atoms with Crippen LogP contribution >= 0.6 is 62.5 Å². The minimum atomic E-state index is -4.54. The van der Waals surface area contributed by atoms with Crippen molar-refractivity contribution in [1.29, 1.82) is 0 Å². The van der Waals surface area contributed by atoms with Crippen LogP contribution in [0.4, 0.5) is 0 Å². The van der Waals surface area contributed by atoms with Gasteiger partial charge in [0.15, 0.2) is 10.5 Å². The Morgan fingerprint density at radius 1 is 1.13 bits per heavy atom. The first kappa shape index (κ1) is 48.1. The monoisotopic (exact) mass is 856 g/mol. The van der Waals surface area contributed by atoms with Gasteiger partial charge in [0.1, 0.15) is 42.0 Å². The van der Waals surface area contributed by atoms with Crippen LogP contribution in [0.1, 0.15) is 31.1 Å². The van der Waals surface area contributed by atoms with Crippen molar-refractivity contribution >= 4 is 86.7 Å². The first-order valence-electron chi connectivity index (χ1n) is 16.2. The van der Waals surface area contributed by atoms with E-state index < -0.39 is 31.1 Å². The molecule has 15 nitrogen and oxygen atoms in total. The van der Waals surface area contributed by atoms with Crippen LogP contribution in [0, 0.1) is 11.7 Å². The Morgan fingerprint density at radius 3 is 2.55 bits per heavy atom. The van der Waals surface area contributed by atoms with E-state index in [1.54, 1.807) is 31.5 Å². The highest BCUT2D eigenvalue weighted by atomic mass is 33.1. The van der Waals surface area contributed by atoms with Gasteiger partial charge in [0, 0.05) is 31.3 Å². The van der Waals surface area contributed by atoms with Crippen molar-refractivity contribution in [2.75, 3.05) is 70.9 Å². The quantitative estimate of drug-likeness (QED) is 0.0226. The van der Waals surface area contributed by atoms with Crippen LogP contribution in [-0.4, -0.2) is 139 Å². The zero-order chi connectivity index (χ0) is 39.3. The number of amides is 2. The lowest BCUT2D eigenvalue weighted by Crippen LogP contribution is -2.61. The second-order valence-corrected chi connectivity index (χ2v) is 19.9. The third-order valence-electron chi connectivity index (χ3n) is 6.86. The van der Waals surface area contributed by atoms with Crippen LogP contribution in [0.15, 0.2) is 24.3 Å². The number of hydrogen-bond acceptors (Lipinski definition) is 16. The summed E-state index contributed by atoms with van der Waals surface area (Å²) in [5.74, 6) is 6.02. The Bertz CT molecular complexity index is 1410. The molecule has 2 rings (SSSR count). The summed E-state index contributed by atoms with van der Waals surface area (Å²) < 4.78 is 46.6. The van der Waals surface area contributed by atoms with Crippen molar-refractivity contribution in [2.45, 2.75) is 55.2 Å². The number of nitrogens with one attached hydrogen (secondary N) is 2. The smallest absolute Gasteiger partial charge is 0.356 e. The van der Waals surface area contributed by atoms with Crippen LogP contribution < -0.4 is 21.1 Å². The molecule has 0 spiro atoms. The molecule has 5 atom stereocenters. The molecule has 0 bridgehead atoms. The maximum Gasteiger partial charge on any atom is 0.356 e. The minimum Gasteiger partial charge on any atom is -0.490 e. The second-order valence-electron chi connectivity index (χ2n) is 11.3. The largest absolute Gasteiger partial charge is 0.490 e. The lowest BCUT2D eigenvalue weighted by Gasteiger charge is -2.45. The Labute approximate surface area is 332 Å². The number of carbonyl (C=O) groups excluding carboxylic acids is 3. The van der Waals surface area contributed by atoms with E-state index >= 15 is 0 Å². The molecule has 0 aliphatic carbocycles. The van der Waals surface area contributed by atoms with Gasteiger partial charge in [0.2, 0.25) is 5.91 Å². The third kappa shape index (κ3) is 19.1. The third-order valence-corrected chi connectivity index (χ3v) is 13.3. The maximum absolute atomic E-state index is 12.2. The summed E-state index contributed by atoms with van der Waals surface area (Å²) >= 11 is 1.13. The summed E-state index contributed by atoms with van der Waals surface area (Å²) in [6, 6.07) is 6.26. The van der Waals surface area contributed by atoms with Gasteiger partial charge in [-0.15, -0.1) is 0 Å². The summed E-state index contributed by atoms with van der Waals surface area (Å²) in [5.41, 5.74) is 5.22. The minimum absolute atomic E-state index is 0.0463. The summed E-state index contributed by atoms with van der Waals surface area (Å²) in [6.45, 7) is 5.17. The molecule has 1 heterocycles. The lowest BCUT2D eigenvalue weighted by atomic mass is 9.66. The van der Waals surface area contributed by atoms with E-state index in [1.807, 2.05) is 12.5 Å². The maximum atomic E-state index is 12.2. The number of benzene rings is 1. The molecular formula is C31H48BN3O12PS5. The molecule has 22 heteroatoms. The van der Waals surface area contributed by atoms with Gasteiger partial charge in [-0.25, -0.2) is 0 Å². The van der Waals surface area contributed by atoms with Crippen LogP contribution in [0.25, 0.3) is 0 Å². The number of rotatable bonds is 26. The Hall–Kier alpha value is -1.09. The molecule has 1 aliphatic rings. The summed E-state index contributed by atoms with van der Waals surface area (Å²) in [4.78, 5) is 55.2. The first-order chi connectivity index (χ1) is 25.2. The molecule has 2 amide bonds. The van der Waals surface area contributed by atoms with E-state index in [1.165, 1.54) is 63.9 Å². The van der Waals surface area contributed by atoms with E-state index in [4.69, 9.17) is 34.2 Å². The molecule has 53 heavy (non-hydrogen) atoms. The SMILES string of the molecule is CSSC(COc1cccc(C(=O)NCCN)c1)OCCOCC(=O)NCC#C[B]C1OC(COC(C)(C)P(=O)(O)O)C1O[C@H](CSC(C)=O)SSC. The van der Waals surface area contributed by atoms with E-state index in [0.717, 1.165) is 11.8 Å². The lowest BCUT2D eigenvalue weighted by molar-refractivity contribution is -0.233. The number of nitrogens with two attached hydrogens (primary N) is 1. The van der Waals surface area contributed by atoms with Gasteiger partial charge < -0.3 is 54.6 Å². The number of ether oxygens (including phenoxy) is 6. The van der Waals surface area contributed by atoms with E-state index in [0.29, 0.717) is 30.2 Å². The van der Waals surface area contributed by atoms with Crippen molar-refractivity contribution in [2.24, 2.45) is 5.73 Å². The van der Waals surface area contributed by atoms with E-state index in [9.17, 15) is 28.7 Å².